The van der Waals surface area contributed by atoms with Crippen LogP contribution in [0.4, 0.5) is 5.13 Å². The smallest absolute Gasteiger partial charge is 0.253 e. The molecule has 0 bridgehead atoms. The number of anilines is 1. The van der Waals surface area contributed by atoms with Crippen molar-refractivity contribution in [3.8, 4) is 0 Å². The topological polar surface area (TPSA) is 70.6 Å². The Morgan fingerprint density at radius 3 is 2.55 bits per heavy atom. The highest BCUT2D eigenvalue weighted by molar-refractivity contribution is 7.22. The lowest BCUT2D eigenvalue weighted by molar-refractivity contribution is -0.121. The minimum absolute atomic E-state index is 0.00797. The molecule has 2 aromatic carbocycles. The van der Waals surface area contributed by atoms with Crippen LogP contribution in [0.2, 0.25) is 0 Å². The molecule has 7 heteroatoms. The van der Waals surface area contributed by atoms with Crippen LogP contribution in [0.3, 0.4) is 0 Å². The number of likely N-dealkylation sites (tertiary alicyclic amines) is 1. The number of fused-ring (bicyclic) bond motifs is 1. The number of nitrogens with zero attached hydrogens (tertiary/aromatic N) is 3. The molecule has 5 rings (SSSR count). The van der Waals surface area contributed by atoms with E-state index in [0.717, 1.165) is 22.6 Å². The first-order chi connectivity index (χ1) is 14.1. The SMILES string of the molecule is O=C(c1ccc2nc(N3C(=O)CCC3=O)sc2c1)N1CC[C@@H](c2ccccc2)C1. The molecule has 29 heavy (non-hydrogen) atoms. The van der Waals surface area contributed by atoms with Crippen molar-refractivity contribution in [3.05, 3.63) is 59.7 Å². The molecule has 2 aliphatic rings. The molecule has 146 valence electrons. The van der Waals surface area contributed by atoms with Gasteiger partial charge in [0.2, 0.25) is 11.8 Å². The Hall–Kier alpha value is -3.06. The van der Waals surface area contributed by atoms with Crippen molar-refractivity contribution in [3.63, 3.8) is 0 Å². The lowest BCUT2D eigenvalue weighted by atomic mass is 9.99. The zero-order valence-electron chi connectivity index (χ0n) is 15.7. The summed E-state index contributed by atoms with van der Waals surface area (Å²) >= 11 is 1.28. The Labute approximate surface area is 171 Å². The van der Waals surface area contributed by atoms with Crippen molar-refractivity contribution in [1.82, 2.24) is 9.88 Å². The summed E-state index contributed by atoms with van der Waals surface area (Å²) in [6.07, 6.45) is 1.42. The van der Waals surface area contributed by atoms with Crippen molar-refractivity contribution in [2.24, 2.45) is 0 Å². The van der Waals surface area contributed by atoms with Crippen molar-refractivity contribution >= 4 is 44.4 Å². The van der Waals surface area contributed by atoms with Gasteiger partial charge < -0.3 is 4.90 Å². The van der Waals surface area contributed by atoms with Crippen LogP contribution in [-0.4, -0.2) is 40.7 Å². The molecule has 6 nitrogen and oxygen atoms in total. The average Bonchev–Trinajstić information content (AvgIpc) is 3.46. The number of amides is 3. The van der Waals surface area contributed by atoms with Gasteiger partial charge in [0.15, 0.2) is 5.13 Å². The van der Waals surface area contributed by atoms with Gasteiger partial charge in [0.25, 0.3) is 5.91 Å². The fraction of sp³-hybridized carbons (Fsp3) is 0.273. The molecule has 0 radical (unpaired) electrons. The third kappa shape index (κ3) is 3.21. The quantitative estimate of drug-likeness (QED) is 0.625. The highest BCUT2D eigenvalue weighted by Gasteiger charge is 2.33. The Morgan fingerprint density at radius 1 is 1.03 bits per heavy atom. The number of rotatable bonds is 3. The van der Waals surface area contributed by atoms with Gasteiger partial charge in [-0.05, 0) is 30.2 Å². The van der Waals surface area contributed by atoms with Gasteiger partial charge >= 0.3 is 0 Å². The van der Waals surface area contributed by atoms with Crippen LogP contribution in [0, 0.1) is 0 Å². The summed E-state index contributed by atoms with van der Waals surface area (Å²) < 4.78 is 0.803. The molecule has 2 fully saturated rings. The van der Waals surface area contributed by atoms with Crippen LogP contribution in [0.1, 0.15) is 41.1 Å². The molecule has 3 aromatic rings. The van der Waals surface area contributed by atoms with Gasteiger partial charge in [0.05, 0.1) is 10.2 Å². The standard InChI is InChI=1S/C22H19N3O3S/c26-19-8-9-20(27)25(19)22-23-17-7-6-15(12-18(17)29-22)21(28)24-11-10-16(13-24)14-4-2-1-3-5-14/h1-7,12,16H,8-11,13H2/t16-/m1/s1. The zero-order valence-corrected chi connectivity index (χ0v) is 16.5. The molecular weight excluding hydrogens is 386 g/mol. The molecule has 0 unspecified atom stereocenters. The molecule has 0 saturated carbocycles. The van der Waals surface area contributed by atoms with Gasteiger partial charge in [0.1, 0.15) is 0 Å². The first-order valence-corrected chi connectivity index (χ1v) is 10.5. The number of benzene rings is 2. The third-order valence-electron chi connectivity index (χ3n) is 5.61. The van der Waals surface area contributed by atoms with Gasteiger partial charge in [0, 0.05) is 37.4 Å². The van der Waals surface area contributed by atoms with Crippen LogP contribution in [0.5, 0.6) is 0 Å². The van der Waals surface area contributed by atoms with Crippen LogP contribution >= 0.6 is 11.3 Å². The molecule has 0 N–H and O–H groups in total. The Bertz CT molecular complexity index is 1110. The lowest BCUT2D eigenvalue weighted by Gasteiger charge is -2.17. The summed E-state index contributed by atoms with van der Waals surface area (Å²) in [5, 5.41) is 0.391. The van der Waals surface area contributed by atoms with Gasteiger partial charge in [-0.25, -0.2) is 9.88 Å². The second kappa shape index (κ2) is 7.08. The van der Waals surface area contributed by atoms with E-state index in [1.54, 1.807) is 12.1 Å². The van der Waals surface area contributed by atoms with Crippen LogP contribution in [-0.2, 0) is 9.59 Å². The van der Waals surface area contributed by atoms with Crippen molar-refractivity contribution in [2.75, 3.05) is 18.0 Å². The molecule has 1 aromatic heterocycles. The van der Waals surface area contributed by atoms with Gasteiger partial charge in [-0.3, -0.25) is 14.4 Å². The molecule has 1 atom stereocenters. The molecule has 0 spiro atoms. The number of hydrogen-bond donors (Lipinski definition) is 0. The van der Waals surface area contributed by atoms with E-state index in [-0.39, 0.29) is 30.6 Å². The van der Waals surface area contributed by atoms with E-state index in [1.165, 1.54) is 16.9 Å². The van der Waals surface area contributed by atoms with Gasteiger partial charge in [-0.15, -0.1) is 0 Å². The predicted octanol–water partition coefficient (Wildman–Crippen LogP) is 3.58. The van der Waals surface area contributed by atoms with Crippen molar-refractivity contribution < 1.29 is 14.4 Å². The Morgan fingerprint density at radius 2 is 1.79 bits per heavy atom. The molecular formula is C22H19N3O3S. The van der Waals surface area contributed by atoms with E-state index in [4.69, 9.17) is 0 Å². The molecule has 2 saturated heterocycles. The molecule has 3 heterocycles. The normalized spacial score (nSPS) is 19.5. The first kappa shape index (κ1) is 18.0. The Kier molecular flexibility index (Phi) is 4.39. The highest BCUT2D eigenvalue weighted by atomic mass is 32.1. The summed E-state index contributed by atoms with van der Waals surface area (Å²) in [5.74, 6) is -0.0524. The largest absolute Gasteiger partial charge is 0.338 e. The number of imide groups is 1. The lowest BCUT2D eigenvalue weighted by Crippen LogP contribution is -2.28. The van der Waals surface area contributed by atoms with E-state index in [0.29, 0.717) is 28.7 Å². The molecule has 0 aliphatic carbocycles. The summed E-state index contributed by atoms with van der Waals surface area (Å²) in [5.41, 5.74) is 2.57. The summed E-state index contributed by atoms with van der Waals surface area (Å²) in [6.45, 7) is 1.45. The minimum atomic E-state index is -0.214. The van der Waals surface area contributed by atoms with E-state index < -0.39 is 0 Å². The van der Waals surface area contributed by atoms with Crippen LogP contribution in [0.25, 0.3) is 10.2 Å². The van der Waals surface area contributed by atoms with E-state index in [2.05, 4.69) is 17.1 Å². The fourth-order valence-electron chi connectivity index (χ4n) is 4.06. The van der Waals surface area contributed by atoms with Crippen LogP contribution in [0.15, 0.2) is 48.5 Å². The van der Waals surface area contributed by atoms with Gasteiger partial charge in [-0.2, -0.15) is 0 Å². The maximum atomic E-state index is 13.0. The van der Waals surface area contributed by atoms with Crippen molar-refractivity contribution in [1.29, 1.82) is 0 Å². The third-order valence-corrected chi connectivity index (χ3v) is 6.62. The van der Waals surface area contributed by atoms with Crippen LogP contribution < -0.4 is 4.90 Å². The molecule has 3 amide bonds. The van der Waals surface area contributed by atoms with Crippen molar-refractivity contribution in [2.45, 2.75) is 25.2 Å². The number of thiazole rings is 1. The first-order valence-electron chi connectivity index (χ1n) is 9.71. The highest BCUT2D eigenvalue weighted by Crippen LogP contribution is 2.33. The second-order valence-electron chi connectivity index (χ2n) is 7.45. The second-order valence-corrected chi connectivity index (χ2v) is 8.46. The van der Waals surface area contributed by atoms with E-state index in [9.17, 15) is 14.4 Å². The average molecular weight is 405 g/mol. The minimum Gasteiger partial charge on any atom is -0.338 e. The predicted molar refractivity (Wildman–Crippen MR) is 111 cm³/mol. The monoisotopic (exact) mass is 405 g/mol. The van der Waals surface area contributed by atoms with Gasteiger partial charge in [-0.1, -0.05) is 41.7 Å². The number of hydrogen-bond acceptors (Lipinski definition) is 5. The number of aromatic nitrogens is 1. The zero-order chi connectivity index (χ0) is 20.0. The fourth-order valence-corrected chi connectivity index (χ4v) is 5.10. The number of carbonyl (C=O) groups excluding carboxylic acids is 3. The maximum absolute atomic E-state index is 13.0. The Balaban J connectivity index is 1.37. The summed E-state index contributed by atoms with van der Waals surface area (Å²) in [7, 11) is 0. The summed E-state index contributed by atoms with van der Waals surface area (Å²) in [6, 6.07) is 15.7. The number of carbonyl (C=O) groups is 3. The maximum Gasteiger partial charge on any atom is 0.253 e. The van der Waals surface area contributed by atoms with E-state index >= 15 is 0 Å². The van der Waals surface area contributed by atoms with E-state index in [1.807, 2.05) is 29.2 Å². The summed E-state index contributed by atoms with van der Waals surface area (Å²) in [4.78, 5) is 44.4. The molecule has 2 aliphatic heterocycles.